The monoisotopic (exact) mass is 512 g/mol. The summed E-state index contributed by atoms with van der Waals surface area (Å²) in [6.45, 7) is 3.86. The van der Waals surface area contributed by atoms with Crippen LogP contribution in [0.15, 0.2) is 30.3 Å². The molecule has 1 aromatic carbocycles. The lowest BCUT2D eigenvalue weighted by atomic mass is 9.90. The zero-order chi connectivity index (χ0) is 26.3. The lowest BCUT2D eigenvalue weighted by molar-refractivity contribution is -0.444. The quantitative estimate of drug-likeness (QED) is 0.193. The van der Waals surface area contributed by atoms with E-state index in [1.54, 1.807) is 0 Å². The number of hydrogen-bond donors (Lipinski definition) is 0. The Morgan fingerprint density at radius 2 is 1.06 bits per heavy atom. The van der Waals surface area contributed by atoms with Crippen LogP contribution >= 0.6 is 0 Å². The van der Waals surface area contributed by atoms with Gasteiger partial charge in [-0.15, -0.1) is 0 Å². The SMILES string of the molecule is CC(C)(C)OOC(CC(F)(F)C(F)(F)C(F)(F)C(F)(F)C(F)(F)C(F)(F)F)c1ccccc1. The van der Waals surface area contributed by atoms with Gasteiger partial charge < -0.3 is 0 Å². The second-order valence-electron chi connectivity index (χ2n) is 7.90. The zero-order valence-corrected chi connectivity index (χ0v) is 16.9. The van der Waals surface area contributed by atoms with Gasteiger partial charge in [0.1, 0.15) is 6.10 Å². The van der Waals surface area contributed by atoms with Crippen LogP contribution in [-0.2, 0) is 9.78 Å². The summed E-state index contributed by atoms with van der Waals surface area (Å²) in [4.78, 5) is 9.24. The van der Waals surface area contributed by atoms with E-state index in [-0.39, 0.29) is 0 Å². The third-order valence-electron chi connectivity index (χ3n) is 4.03. The number of hydrogen-bond acceptors (Lipinski definition) is 2. The Morgan fingerprint density at radius 3 is 1.45 bits per heavy atom. The average molecular weight is 512 g/mol. The highest BCUT2D eigenvalue weighted by Gasteiger charge is 2.90. The fourth-order valence-electron chi connectivity index (χ4n) is 2.24. The highest BCUT2D eigenvalue weighted by molar-refractivity contribution is 5.19. The summed E-state index contributed by atoms with van der Waals surface area (Å²) in [5, 5.41) is 0. The Labute approximate surface area is 178 Å². The Hall–Kier alpha value is -1.77. The van der Waals surface area contributed by atoms with Gasteiger partial charge in [0.25, 0.3) is 0 Å². The number of benzene rings is 1. The minimum absolute atomic E-state index is 0.409. The van der Waals surface area contributed by atoms with Crippen molar-refractivity contribution in [3.8, 4) is 0 Å². The van der Waals surface area contributed by atoms with Crippen LogP contribution in [0.1, 0.15) is 38.9 Å². The largest absolute Gasteiger partial charge is 0.460 e. The molecule has 0 fully saturated rings. The maximum Gasteiger partial charge on any atom is 0.460 e. The molecule has 1 rings (SSSR count). The van der Waals surface area contributed by atoms with Crippen LogP contribution in [0, 0.1) is 0 Å². The second-order valence-corrected chi connectivity index (χ2v) is 7.90. The lowest BCUT2D eigenvalue weighted by Crippen LogP contribution is -2.70. The summed E-state index contributed by atoms with van der Waals surface area (Å²) in [5.41, 5.74) is -1.69. The molecule has 0 aliphatic rings. The Balaban J connectivity index is 3.43. The molecule has 33 heavy (non-hydrogen) atoms. The summed E-state index contributed by atoms with van der Waals surface area (Å²) < 4.78 is 173. The molecule has 0 spiro atoms. The van der Waals surface area contributed by atoms with Crippen LogP contribution in [0.5, 0.6) is 0 Å². The molecule has 1 atom stereocenters. The van der Waals surface area contributed by atoms with Crippen molar-refractivity contribution in [1.82, 2.24) is 0 Å². The first kappa shape index (κ1) is 29.3. The van der Waals surface area contributed by atoms with Crippen molar-refractivity contribution in [2.75, 3.05) is 0 Å². The van der Waals surface area contributed by atoms with Crippen molar-refractivity contribution in [3.05, 3.63) is 35.9 Å². The van der Waals surface area contributed by atoms with Gasteiger partial charge in [-0.3, -0.25) is 0 Å². The summed E-state index contributed by atoms with van der Waals surface area (Å²) in [5.74, 6) is -37.3. The lowest BCUT2D eigenvalue weighted by Gasteiger charge is -2.40. The van der Waals surface area contributed by atoms with E-state index < -0.39 is 59.5 Å². The Morgan fingerprint density at radius 1 is 0.636 bits per heavy atom. The van der Waals surface area contributed by atoms with Gasteiger partial charge in [0, 0.05) is 0 Å². The predicted octanol–water partition coefficient (Wildman–Crippen LogP) is 7.60. The molecule has 0 amide bonds. The fourth-order valence-corrected chi connectivity index (χ4v) is 2.24. The van der Waals surface area contributed by atoms with E-state index in [1.165, 1.54) is 26.8 Å². The first-order chi connectivity index (χ1) is 14.4. The maximum atomic E-state index is 14.2. The van der Waals surface area contributed by atoms with Gasteiger partial charge in [-0.25, -0.2) is 9.78 Å². The molecule has 0 saturated carbocycles. The molecule has 1 unspecified atom stereocenters. The van der Waals surface area contributed by atoms with E-state index in [9.17, 15) is 57.1 Å². The van der Waals surface area contributed by atoms with Crippen molar-refractivity contribution in [2.24, 2.45) is 0 Å². The van der Waals surface area contributed by atoms with Crippen molar-refractivity contribution in [1.29, 1.82) is 0 Å². The van der Waals surface area contributed by atoms with Gasteiger partial charge in [0.2, 0.25) is 0 Å². The zero-order valence-electron chi connectivity index (χ0n) is 16.9. The third kappa shape index (κ3) is 5.49. The molecule has 1 aromatic rings. The minimum Gasteiger partial charge on any atom is -0.230 e. The molecule has 0 saturated heterocycles. The molecular formula is C18H17F13O2. The molecule has 2 nitrogen and oxygen atoms in total. The van der Waals surface area contributed by atoms with E-state index in [0.717, 1.165) is 24.3 Å². The van der Waals surface area contributed by atoms with Gasteiger partial charge in [-0.2, -0.15) is 57.1 Å². The molecule has 15 heteroatoms. The van der Waals surface area contributed by atoms with Gasteiger partial charge in [-0.1, -0.05) is 30.3 Å². The van der Waals surface area contributed by atoms with Gasteiger partial charge in [0.05, 0.1) is 12.0 Å². The molecule has 0 aliphatic heterocycles. The molecule has 0 aromatic heterocycles. The molecule has 0 bridgehead atoms. The highest BCUT2D eigenvalue weighted by atomic mass is 19.4. The number of alkyl halides is 13. The second kappa shape index (κ2) is 8.78. The van der Waals surface area contributed by atoms with E-state index in [1.807, 2.05) is 0 Å². The van der Waals surface area contributed by atoms with Gasteiger partial charge >= 0.3 is 35.8 Å². The van der Waals surface area contributed by atoms with Crippen molar-refractivity contribution >= 4 is 0 Å². The standard InChI is InChI=1S/C18H17F13O2/c1-12(2,3)33-32-11(10-7-5-4-6-8-10)9-13(19,20)14(21,22)15(23,24)16(25,26)17(27,28)18(29,30)31/h4-8,11H,9H2,1-3H3. The van der Waals surface area contributed by atoms with Crippen LogP contribution in [0.4, 0.5) is 57.1 Å². The summed E-state index contributed by atoms with van der Waals surface area (Å²) >= 11 is 0. The van der Waals surface area contributed by atoms with E-state index in [2.05, 4.69) is 9.78 Å². The first-order valence-corrected chi connectivity index (χ1v) is 8.77. The van der Waals surface area contributed by atoms with Crippen LogP contribution in [0.2, 0.25) is 0 Å². The van der Waals surface area contributed by atoms with Crippen molar-refractivity contribution in [3.63, 3.8) is 0 Å². The molecule has 0 heterocycles. The van der Waals surface area contributed by atoms with Crippen LogP contribution in [0.3, 0.4) is 0 Å². The van der Waals surface area contributed by atoms with Crippen molar-refractivity contribution < 1.29 is 66.9 Å². The van der Waals surface area contributed by atoms with Crippen molar-refractivity contribution in [2.45, 2.75) is 74.7 Å². The predicted molar refractivity (Wildman–Crippen MR) is 86.5 cm³/mol. The Bertz CT molecular complexity index is 783. The Kier molecular flexibility index (Phi) is 7.79. The summed E-state index contributed by atoms with van der Waals surface area (Å²) in [6, 6.07) is 5.56. The number of rotatable bonds is 9. The summed E-state index contributed by atoms with van der Waals surface area (Å²) in [7, 11) is 0. The molecule has 0 radical (unpaired) electrons. The smallest absolute Gasteiger partial charge is 0.230 e. The number of halogens is 13. The maximum absolute atomic E-state index is 14.2. The van der Waals surface area contributed by atoms with E-state index in [4.69, 9.17) is 0 Å². The van der Waals surface area contributed by atoms with Crippen LogP contribution in [0.25, 0.3) is 0 Å². The molecule has 0 aliphatic carbocycles. The van der Waals surface area contributed by atoms with E-state index in [0.29, 0.717) is 0 Å². The third-order valence-corrected chi connectivity index (χ3v) is 4.03. The first-order valence-electron chi connectivity index (χ1n) is 8.77. The average Bonchev–Trinajstić information content (AvgIpc) is 2.63. The summed E-state index contributed by atoms with van der Waals surface area (Å²) in [6.07, 6.45) is -12.4. The minimum atomic E-state index is -7.95. The van der Waals surface area contributed by atoms with Crippen LogP contribution in [-0.4, -0.2) is 41.4 Å². The topological polar surface area (TPSA) is 18.5 Å². The van der Waals surface area contributed by atoms with Gasteiger partial charge in [0.15, 0.2) is 0 Å². The highest BCUT2D eigenvalue weighted by Crippen LogP contribution is 2.61. The molecule has 192 valence electrons. The molecule has 0 N–H and O–H groups in total. The van der Waals surface area contributed by atoms with Crippen LogP contribution < -0.4 is 0 Å². The van der Waals surface area contributed by atoms with Gasteiger partial charge in [-0.05, 0) is 26.3 Å². The van der Waals surface area contributed by atoms with E-state index >= 15 is 0 Å². The fraction of sp³-hybridized carbons (Fsp3) is 0.667. The molecular weight excluding hydrogens is 495 g/mol. The normalized spacial score (nSPS) is 16.1.